The zero-order valence-corrected chi connectivity index (χ0v) is 13.8. The molecule has 0 spiro atoms. The molecular weight excluding hydrogens is 264 g/mol. The molecule has 1 heterocycles. The van der Waals surface area contributed by atoms with Crippen molar-refractivity contribution in [2.45, 2.75) is 59.8 Å². The molecule has 0 fully saturated rings. The summed E-state index contributed by atoms with van der Waals surface area (Å²) >= 11 is 0. The molecule has 1 aliphatic rings. The minimum absolute atomic E-state index is 0.0456. The number of amides is 1. The van der Waals surface area contributed by atoms with Gasteiger partial charge in [0.05, 0.1) is 0 Å². The van der Waals surface area contributed by atoms with Crippen molar-refractivity contribution in [3.63, 3.8) is 0 Å². The Bertz CT molecular complexity index is 467. The van der Waals surface area contributed by atoms with E-state index in [0.717, 1.165) is 50.1 Å². The molecule has 0 aliphatic heterocycles. The summed E-state index contributed by atoms with van der Waals surface area (Å²) in [5.74, 6) is 1.89. The maximum Gasteiger partial charge on any atom is 0.276 e. The highest BCUT2D eigenvalue weighted by Crippen LogP contribution is 2.25. The molecule has 0 N–H and O–H groups in total. The smallest absolute Gasteiger partial charge is 0.276 e. The summed E-state index contributed by atoms with van der Waals surface area (Å²) in [5, 5.41) is 4.11. The summed E-state index contributed by atoms with van der Waals surface area (Å²) in [4.78, 5) is 14.8. The summed E-state index contributed by atoms with van der Waals surface area (Å²) in [6.07, 6.45) is 5.32. The number of hydrogen-bond donors (Lipinski definition) is 0. The second kappa shape index (κ2) is 7.10. The lowest BCUT2D eigenvalue weighted by Crippen LogP contribution is -2.37. The highest BCUT2D eigenvalue weighted by Gasteiger charge is 2.27. The summed E-state index contributed by atoms with van der Waals surface area (Å²) in [6.45, 7) is 10.1. The van der Waals surface area contributed by atoms with Gasteiger partial charge in [0.1, 0.15) is 5.76 Å². The van der Waals surface area contributed by atoms with Crippen molar-refractivity contribution >= 4 is 5.91 Å². The molecule has 1 amide bonds. The predicted molar refractivity (Wildman–Crippen MR) is 83.3 cm³/mol. The molecule has 1 aliphatic carbocycles. The molecule has 0 radical (unpaired) electrons. The van der Waals surface area contributed by atoms with Crippen LogP contribution in [0.3, 0.4) is 0 Å². The molecule has 0 atom stereocenters. The van der Waals surface area contributed by atoms with Crippen LogP contribution in [0.25, 0.3) is 0 Å². The molecule has 118 valence electrons. The first-order valence-corrected chi connectivity index (χ1v) is 8.25. The molecule has 0 saturated heterocycles. The van der Waals surface area contributed by atoms with Gasteiger partial charge in [-0.05, 0) is 31.1 Å². The van der Waals surface area contributed by atoms with Crippen LogP contribution in [0.5, 0.6) is 0 Å². The fourth-order valence-corrected chi connectivity index (χ4v) is 3.00. The molecule has 0 bridgehead atoms. The van der Waals surface area contributed by atoms with Gasteiger partial charge in [-0.15, -0.1) is 0 Å². The maximum absolute atomic E-state index is 12.9. The van der Waals surface area contributed by atoms with E-state index in [0.29, 0.717) is 17.5 Å². The van der Waals surface area contributed by atoms with E-state index in [-0.39, 0.29) is 5.91 Å². The van der Waals surface area contributed by atoms with Crippen LogP contribution >= 0.6 is 0 Å². The topological polar surface area (TPSA) is 46.3 Å². The first kappa shape index (κ1) is 16.1. The lowest BCUT2D eigenvalue weighted by molar-refractivity contribution is 0.0703. The Hall–Kier alpha value is -1.32. The SMILES string of the molecule is CC(C)CN(CC(C)C)C(=O)c1noc2c1CCCCC2. The first-order valence-electron chi connectivity index (χ1n) is 8.25. The van der Waals surface area contributed by atoms with Gasteiger partial charge in [-0.3, -0.25) is 4.79 Å². The van der Waals surface area contributed by atoms with E-state index in [1.165, 1.54) is 6.42 Å². The van der Waals surface area contributed by atoms with Crippen molar-refractivity contribution in [2.75, 3.05) is 13.1 Å². The zero-order valence-electron chi connectivity index (χ0n) is 13.8. The Kier molecular flexibility index (Phi) is 5.43. The molecule has 0 unspecified atom stereocenters. The molecule has 2 rings (SSSR count). The molecule has 4 nitrogen and oxygen atoms in total. The van der Waals surface area contributed by atoms with Crippen molar-refractivity contribution in [3.05, 3.63) is 17.0 Å². The quantitative estimate of drug-likeness (QED) is 0.777. The number of rotatable bonds is 5. The van der Waals surface area contributed by atoms with E-state index in [1.807, 2.05) is 4.90 Å². The normalized spacial score (nSPS) is 15.1. The van der Waals surface area contributed by atoms with Gasteiger partial charge in [-0.25, -0.2) is 0 Å². The van der Waals surface area contributed by atoms with Gasteiger partial charge in [0.15, 0.2) is 5.69 Å². The van der Waals surface area contributed by atoms with Crippen molar-refractivity contribution in [1.29, 1.82) is 0 Å². The molecule has 21 heavy (non-hydrogen) atoms. The zero-order chi connectivity index (χ0) is 15.4. The second-order valence-electron chi connectivity index (χ2n) is 6.99. The highest BCUT2D eigenvalue weighted by atomic mass is 16.5. The van der Waals surface area contributed by atoms with E-state index < -0.39 is 0 Å². The summed E-state index contributed by atoms with van der Waals surface area (Å²) < 4.78 is 5.45. The third kappa shape index (κ3) is 4.08. The average molecular weight is 292 g/mol. The van der Waals surface area contributed by atoms with Crippen LogP contribution in [-0.2, 0) is 12.8 Å². The largest absolute Gasteiger partial charge is 0.360 e. The van der Waals surface area contributed by atoms with Gasteiger partial charge >= 0.3 is 0 Å². The Morgan fingerprint density at radius 3 is 2.33 bits per heavy atom. The van der Waals surface area contributed by atoms with E-state index in [1.54, 1.807) is 0 Å². The second-order valence-corrected chi connectivity index (χ2v) is 6.99. The Balaban J connectivity index is 2.21. The third-order valence-electron chi connectivity index (χ3n) is 3.86. The van der Waals surface area contributed by atoms with Gasteiger partial charge in [0.25, 0.3) is 5.91 Å². The fraction of sp³-hybridized carbons (Fsp3) is 0.765. The molecule has 0 aromatic carbocycles. The van der Waals surface area contributed by atoms with Gasteiger partial charge in [0, 0.05) is 25.1 Å². The lowest BCUT2D eigenvalue weighted by atomic mass is 10.1. The van der Waals surface area contributed by atoms with Crippen LogP contribution in [0, 0.1) is 11.8 Å². The Labute approximate surface area is 127 Å². The number of nitrogens with zero attached hydrogens (tertiary/aromatic N) is 2. The van der Waals surface area contributed by atoms with E-state index in [2.05, 4.69) is 32.9 Å². The van der Waals surface area contributed by atoms with Crippen LogP contribution in [0.1, 0.15) is 68.8 Å². The van der Waals surface area contributed by atoms with Crippen molar-refractivity contribution in [1.82, 2.24) is 10.1 Å². The van der Waals surface area contributed by atoms with Crippen LogP contribution in [0.2, 0.25) is 0 Å². The van der Waals surface area contributed by atoms with Crippen molar-refractivity contribution in [3.8, 4) is 0 Å². The van der Waals surface area contributed by atoms with Gasteiger partial charge in [-0.1, -0.05) is 39.3 Å². The molecular formula is C17H28N2O2. The maximum atomic E-state index is 12.9. The van der Waals surface area contributed by atoms with Crippen LogP contribution in [0.15, 0.2) is 4.52 Å². The lowest BCUT2D eigenvalue weighted by Gasteiger charge is -2.25. The number of aryl methyl sites for hydroxylation is 1. The molecule has 1 aromatic heterocycles. The van der Waals surface area contributed by atoms with Gasteiger partial charge in [0.2, 0.25) is 0 Å². The summed E-state index contributed by atoms with van der Waals surface area (Å²) in [5.41, 5.74) is 1.63. The minimum Gasteiger partial charge on any atom is -0.360 e. The summed E-state index contributed by atoms with van der Waals surface area (Å²) in [6, 6.07) is 0. The Morgan fingerprint density at radius 1 is 1.10 bits per heavy atom. The van der Waals surface area contributed by atoms with Crippen LogP contribution in [-0.4, -0.2) is 29.1 Å². The molecule has 0 saturated carbocycles. The van der Waals surface area contributed by atoms with E-state index in [9.17, 15) is 4.79 Å². The van der Waals surface area contributed by atoms with E-state index >= 15 is 0 Å². The highest BCUT2D eigenvalue weighted by molar-refractivity contribution is 5.93. The van der Waals surface area contributed by atoms with Crippen LogP contribution in [0.4, 0.5) is 0 Å². The number of fused-ring (bicyclic) bond motifs is 1. The van der Waals surface area contributed by atoms with Gasteiger partial charge < -0.3 is 9.42 Å². The number of carbonyl (C=O) groups excluding carboxylic acids is 1. The molecule has 1 aromatic rings. The number of aromatic nitrogens is 1. The predicted octanol–water partition coefficient (Wildman–Crippen LogP) is 3.70. The number of carbonyl (C=O) groups is 1. The average Bonchev–Trinajstić information content (AvgIpc) is 2.65. The monoisotopic (exact) mass is 292 g/mol. The van der Waals surface area contributed by atoms with Crippen molar-refractivity contribution < 1.29 is 9.32 Å². The fourth-order valence-electron chi connectivity index (χ4n) is 3.00. The van der Waals surface area contributed by atoms with Gasteiger partial charge in [-0.2, -0.15) is 0 Å². The van der Waals surface area contributed by atoms with Crippen molar-refractivity contribution in [2.24, 2.45) is 11.8 Å². The molecule has 4 heteroatoms. The third-order valence-corrected chi connectivity index (χ3v) is 3.86. The van der Waals surface area contributed by atoms with E-state index in [4.69, 9.17) is 4.52 Å². The summed E-state index contributed by atoms with van der Waals surface area (Å²) in [7, 11) is 0. The van der Waals surface area contributed by atoms with Crippen LogP contribution < -0.4 is 0 Å². The standard InChI is InChI=1S/C17H28N2O2/c1-12(2)10-19(11-13(3)4)17(20)16-14-8-6-5-7-9-15(14)21-18-16/h12-13H,5-11H2,1-4H3. The Morgan fingerprint density at radius 2 is 1.71 bits per heavy atom. The minimum atomic E-state index is 0.0456. The number of hydrogen-bond acceptors (Lipinski definition) is 3. The first-order chi connectivity index (χ1) is 9.99.